The summed E-state index contributed by atoms with van der Waals surface area (Å²) in [6, 6.07) is 26.2. The number of para-hydroxylation sites is 1. The Kier molecular flexibility index (Phi) is 6.36. The van der Waals surface area contributed by atoms with E-state index in [1.54, 1.807) is 12.3 Å². The Morgan fingerprint density at radius 1 is 0.892 bits per heavy atom. The van der Waals surface area contributed by atoms with E-state index in [9.17, 15) is 4.79 Å². The standard InChI is InChI=1S/C30H24Cl3N3O/c31-22-9-5-20(6-10-22)17-30-14-16-35(28(37)24-13-15-34-18-26(24)33)29(30)36(27-4-2-1-3-25(27)30)19-21-7-11-23(32)12-8-21/h1-13,15,18,29H,14,16-17,19H2. The highest BCUT2D eigenvalue weighted by molar-refractivity contribution is 6.33. The van der Waals surface area contributed by atoms with Crippen LogP contribution in [0.1, 0.15) is 33.5 Å². The first-order valence-corrected chi connectivity index (χ1v) is 13.4. The van der Waals surface area contributed by atoms with Crippen LogP contribution in [-0.2, 0) is 18.4 Å². The van der Waals surface area contributed by atoms with Gasteiger partial charge in [0.25, 0.3) is 5.91 Å². The number of benzene rings is 3. The van der Waals surface area contributed by atoms with Crippen molar-refractivity contribution in [3.8, 4) is 0 Å². The Labute approximate surface area is 231 Å². The number of nitrogens with zero attached hydrogens (tertiary/aromatic N) is 3. The molecule has 37 heavy (non-hydrogen) atoms. The molecule has 0 spiro atoms. The fraction of sp³-hybridized carbons (Fsp3) is 0.200. The van der Waals surface area contributed by atoms with Crippen molar-refractivity contribution in [2.75, 3.05) is 11.4 Å². The molecule has 0 saturated carbocycles. The number of fused-ring (bicyclic) bond motifs is 3. The van der Waals surface area contributed by atoms with E-state index in [-0.39, 0.29) is 17.5 Å². The van der Waals surface area contributed by atoms with E-state index < -0.39 is 0 Å². The number of aromatic nitrogens is 1. The van der Waals surface area contributed by atoms with Gasteiger partial charge in [0, 0.05) is 46.6 Å². The number of amides is 1. The fourth-order valence-electron chi connectivity index (χ4n) is 6.00. The Morgan fingerprint density at radius 2 is 1.57 bits per heavy atom. The molecule has 2 aliphatic rings. The quantitative estimate of drug-likeness (QED) is 0.260. The molecule has 1 aromatic heterocycles. The minimum absolute atomic E-state index is 0.0794. The van der Waals surface area contributed by atoms with Crippen LogP contribution < -0.4 is 4.90 Å². The molecule has 4 aromatic rings. The molecule has 0 bridgehead atoms. The van der Waals surface area contributed by atoms with E-state index in [2.05, 4.69) is 46.3 Å². The molecule has 7 heteroatoms. The predicted molar refractivity (Wildman–Crippen MR) is 150 cm³/mol. The van der Waals surface area contributed by atoms with Gasteiger partial charge < -0.3 is 9.80 Å². The maximum absolute atomic E-state index is 14.0. The molecule has 0 radical (unpaired) electrons. The highest BCUT2D eigenvalue weighted by Crippen LogP contribution is 2.54. The average Bonchev–Trinajstić information content (AvgIpc) is 3.40. The lowest BCUT2D eigenvalue weighted by molar-refractivity contribution is 0.0709. The lowest BCUT2D eigenvalue weighted by Crippen LogP contribution is -2.52. The fourth-order valence-corrected chi connectivity index (χ4v) is 6.45. The number of anilines is 1. The molecule has 3 aromatic carbocycles. The van der Waals surface area contributed by atoms with Gasteiger partial charge in [-0.2, -0.15) is 0 Å². The van der Waals surface area contributed by atoms with Crippen molar-refractivity contribution in [1.29, 1.82) is 0 Å². The van der Waals surface area contributed by atoms with E-state index in [1.807, 2.05) is 41.3 Å². The lowest BCUT2D eigenvalue weighted by atomic mass is 9.74. The average molecular weight is 549 g/mol. The van der Waals surface area contributed by atoms with Crippen molar-refractivity contribution < 1.29 is 4.79 Å². The van der Waals surface area contributed by atoms with E-state index in [0.29, 0.717) is 33.7 Å². The van der Waals surface area contributed by atoms with Crippen LogP contribution >= 0.6 is 34.8 Å². The van der Waals surface area contributed by atoms with Crippen molar-refractivity contribution >= 4 is 46.4 Å². The maximum atomic E-state index is 14.0. The Balaban J connectivity index is 1.48. The highest BCUT2D eigenvalue weighted by Gasteiger charge is 2.58. The summed E-state index contributed by atoms with van der Waals surface area (Å²) in [6.45, 7) is 1.27. The third-order valence-corrected chi connectivity index (χ3v) is 8.40. The van der Waals surface area contributed by atoms with Crippen molar-refractivity contribution in [2.45, 2.75) is 31.0 Å². The summed E-state index contributed by atoms with van der Waals surface area (Å²) in [7, 11) is 0. The maximum Gasteiger partial charge on any atom is 0.257 e. The number of rotatable bonds is 5. The molecule has 1 amide bonds. The molecule has 4 nitrogen and oxygen atoms in total. The Bertz CT molecular complexity index is 1460. The highest BCUT2D eigenvalue weighted by atomic mass is 35.5. The van der Waals surface area contributed by atoms with Crippen LogP contribution in [-0.4, -0.2) is 28.5 Å². The number of carbonyl (C=O) groups is 1. The number of pyridine rings is 1. The van der Waals surface area contributed by atoms with Crippen LogP contribution in [0.2, 0.25) is 15.1 Å². The van der Waals surface area contributed by atoms with E-state index in [1.165, 1.54) is 17.3 Å². The van der Waals surface area contributed by atoms with Crippen molar-refractivity contribution in [3.63, 3.8) is 0 Å². The van der Waals surface area contributed by atoms with Crippen LogP contribution in [0, 0.1) is 0 Å². The third kappa shape index (κ3) is 4.27. The van der Waals surface area contributed by atoms with E-state index >= 15 is 0 Å². The second-order valence-electron chi connectivity index (χ2n) is 9.71. The number of hydrogen-bond donors (Lipinski definition) is 0. The van der Waals surface area contributed by atoms with E-state index in [4.69, 9.17) is 34.8 Å². The monoisotopic (exact) mass is 547 g/mol. The molecule has 2 unspecified atom stereocenters. The van der Waals surface area contributed by atoms with Crippen molar-refractivity contribution in [1.82, 2.24) is 9.88 Å². The van der Waals surface area contributed by atoms with Crippen LogP contribution in [0.4, 0.5) is 5.69 Å². The second kappa shape index (κ2) is 9.68. The van der Waals surface area contributed by atoms with Crippen molar-refractivity contribution in [2.24, 2.45) is 0 Å². The number of halogens is 3. The zero-order chi connectivity index (χ0) is 25.6. The molecular formula is C30H24Cl3N3O. The molecule has 1 saturated heterocycles. The van der Waals surface area contributed by atoms with Crippen LogP contribution in [0.15, 0.2) is 91.3 Å². The molecule has 2 atom stereocenters. The van der Waals surface area contributed by atoms with Gasteiger partial charge in [0.1, 0.15) is 6.17 Å². The summed E-state index contributed by atoms with van der Waals surface area (Å²) in [6.07, 6.45) is 4.58. The first-order valence-electron chi connectivity index (χ1n) is 12.2. The Morgan fingerprint density at radius 3 is 2.27 bits per heavy atom. The van der Waals surface area contributed by atoms with Gasteiger partial charge in [-0.05, 0) is 65.9 Å². The predicted octanol–water partition coefficient (Wildman–Crippen LogP) is 7.41. The van der Waals surface area contributed by atoms with Crippen LogP contribution in [0.25, 0.3) is 0 Å². The lowest BCUT2D eigenvalue weighted by Gasteiger charge is -2.39. The van der Waals surface area contributed by atoms with Crippen LogP contribution in [0.3, 0.4) is 0 Å². The summed E-state index contributed by atoms with van der Waals surface area (Å²) >= 11 is 18.8. The molecule has 0 N–H and O–H groups in total. The number of hydrogen-bond acceptors (Lipinski definition) is 3. The molecule has 0 aliphatic carbocycles. The van der Waals surface area contributed by atoms with Crippen LogP contribution in [0.5, 0.6) is 0 Å². The summed E-state index contributed by atoms with van der Waals surface area (Å²) in [5.41, 5.74) is 4.92. The first-order chi connectivity index (χ1) is 18.0. The van der Waals surface area contributed by atoms with Gasteiger partial charge in [-0.15, -0.1) is 0 Å². The molecule has 6 rings (SSSR count). The van der Waals surface area contributed by atoms with Gasteiger partial charge in [0.15, 0.2) is 0 Å². The zero-order valence-electron chi connectivity index (χ0n) is 19.9. The van der Waals surface area contributed by atoms with Gasteiger partial charge >= 0.3 is 0 Å². The summed E-state index contributed by atoms with van der Waals surface area (Å²) in [5.74, 6) is -0.0794. The van der Waals surface area contributed by atoms with Gasteiger partial charge in [-0.25, -0.2) is 0 Å². The number of carbonyl (C=O) groups excluding carboxylic acids is 1. The van der Waals surface area contributed by atoms with Gasteiger partial charge in [-0.3, -0.25) is 9.78 Å². The van der Waals surface area contributed by atoms with E-state index in [0.717, 1.165) is 24.1 Å². The Hall–Kier alpha value is -3.05. The molecule has 2 aliphatic heterocycles. The topological polar surface area (TPSA) is 36.4 Å². The normalized spacial score (nSPS) is 20.1. The molecular weight excluding hydrogens is 525 g/mol. The van der Waals surface area contributed by atoms with Gasteiger partial charge in [0.05, 0.1) is 10.6 Å². The summed E-state index contributed by atoms with van der Waals surface area (Å²) < 4.78 is 0. The third-order valence-electron chi connectivity index (χ3n) is 7.60. The summed E-state index contributed by atoms with van der Waals surface area (Å²) in [5, 5.41) is 1.78. The minimum atomic E-state index is -0.286. The SMILES string of the molecule is O=C(c1ccncc1Cl)N1CCC2(Cc3ccc(Cl)cc3)c3ccccc3N(Cc3ccc(Cl)cc3)C12. The smallest absolute Gasteiger partial charge is 0.257 e. The zero-order valence-corrected chi connectivity index (χ0v) is 22.2. The molecule has 3 heterocycles. The van der Waals surface area contributed by atoms with Gasteiger partial charge in [0.2, 0.25) is 0 Å². The summed E-state index contributed by atoms with van der Waals surface area (Å²) in [4.78, 5) is 22.4. The molecule has 1 fully saturated rings. The van der Waals surface area contributed by atoms with Crippen molar-refractivity contribution in [3.05, 3.63) is 129 Å². The first kappa shape index (κ1) is 24.3. The molecule has 186 valence electrons. The van der Waals surface area contributed by atoms with Gasteiger partial charge in [-0.1, -0.05) is 77.3 Å². The largest absolute Gasteiger partial charge is 0.346 e. The minimum Gasteiger partial charge on any atom is -0.346 e. The second-order valence-corrected chi connectivity index (χ2v) is 11.0. The number of likely N-dealkylation sites (tertiary alicyclic amines) is 1.